The van der Waals surface area contributed by atoms with Gasteiger partial charge in [0.25, 0.3) is 0 Å². The number of nitrogens with one attached hydrogen (secondary N) is 1. The summed E-state index contributed by atoms with van der Waals surface area (Å²) in [5, 5.41) is 4.66. The fourth-order valence-electron chi connectivity index (χ4n) is 2.67. The van der Waals surface area contributed by atoms with Crippen LogP contribution in [-0.2, 0) is 0 Å². The molecule has 4 aromatic rings. The van der Waals surface area contributed by atoms with E-state index in [0.717, 1.165) is 39.9 Å². The summed E-state index contributed by atoms with van der Waals surface area (Å²) in [5.41, 5.74) is 2.92. The van der Waals surface area contributed by atoms with Crippen LogP contribution < -0.4 is 0 Å². The van der Waals surface area contributed by atoms with Crippen molar-refractivity contribution in [2.24, 2.45) is 0 Å². The molecular weight excluding hydrogens is 300 g/mol. The number of nitrogens with zero attached hydrogens (tertiary/aromatic N) is 5. The Morgan fingerprint density at radius 3 is 2.71 bits per heavy atom. The Kier molecular flexibility index (Phi) is 3.37. The molecule has 3 heterocycles. The summed E-state index contributed by atoms with van der Waals surface area (Å²) in [6.45, 7) is 6.12. The average molecular weight is 318 g/mol. The van der Waals surface area contributed by atoms with Gasteiger partial charge in [-0.05, 0) is 37.3 Å². The predicted molar refractivity (Wildman–Crippen MR) is 93.1 cm³/mol. The fraction of sp³-hybridized carbons (Fsp3) is 0.222. The van der Waals surface area contributed by atoms with Gasteiger partial charge in [-0.25, -0.2) is 15.0 Å². The first-order valence-corrected chi connectivity index (χ1v) is 7.97. The van der Waals surface area contributed by atoms with Crippen LogP contribution in [0.1, 0.15) is 31.4 Å². The van der Waals surface area contributed by atoms with Crippen molar-refractivity contribution in [2.75, 3.05) is 0 Å². The molecule has 4 rings (SSSR count). The Morgan fingerprint density at radius 1 is 1.08 bits per heavy atom. The molecule has 0 spiro atoms. The minimum atomic E-state index is 0.242. The number of benzene rings is 1. The van der Waals surface area contributed by atoms with E-state index in [1.54, 1.807) is 10.9 Å². The van der Waals surface area contributed by atoms with Crippen LogP contribution in [0.5, 0.6) is 0 Å². The molecule has 0 saturated heterocycles. The quantitative estimate of drug-likeness (QED) is 0.626. The number of hydrogen-bond donors (Lipinski definition) is 1. The smallest absolute Gasteiger partial charge is 0.165 e. The molecule has 0 atom stereocenters. The van der Waals surface area contributed by atoms with Gasteiger partial charge in [0.15, 0.2) is 17.5 Å². The molecule has 120 valence electrons. The highest BCUT2D eigenvalue weighted by atomic mass is 15.4. The van der Waals surface area contributed by atoms with Crippen LogP contribution in [0.25, 0.3) is 28.2 Å². The number of aromatic amines is 1. The lowest BCUT2D eigenvalue weighted by molar-refractivity contribution is 0.747. The molecule has 24 heavy (non-hydrogen) atoms. The molecule has 0 unspecified atom stereocenters. The lowest BCUT2D eigenvalue weighted by Crippen LogP contribution is -2.02. The number of pyridine rings is 1. The molecule has 0 amide bonds. The number of H-pyrrole nitrogens is 1. The van der Waals surface area contributed by atoms with Crippen molar-refractivity contribution in [3.8, 4) is 17.2 Å². The van der Waals surface area contributed by atoms with Crippen LogP contribution in [0, 0.1) is 6.92 Å². The van der Waals surface area contributed by atoms with Gasteiger partial charge in [0.2, 0.25) is 0 Å². The molecule has 0 bridgehead atoms. The first-order chi connectivity index (χ1) is 11.6. The summed E-state index contributed by atoms with van der Waals surface area (Å²) in [6, 6.07) is 11.9. The average Bonchev–Trinajstić information content (AvgIpc) is 3.17. The molecule has 1 aromatic carbocycles. The maximum atomic E-state index is 4.75. The number of aryl methyl sites for hydroxylation is 1. The third kappa shape index (κ3) is 2.46. The van der Waals surface area contributed by atoms with E-state index in [4.69, 9.17) is 4.98 Å². The van der Waals surface area contributed by atoms with Gasteiger partial charge in [-0.3, -0.25) is 0 Å². The van der Waals surface area contributed by atoms with Crippen LogP contribution in [0.15, 0.2) is 42.6 Å². The van der Waals surface area contributed by atoms with E-state index in [1.165, 1.54) is 0 Å². The van der Waals surface area contributed by atoms with E-state index in [-0.39, 0.29) is 5.92 Å². The van der Waals surface area contributed by atoms with Crippen molar-refractivity contribution in [3.05, 3.63) is 54.2 Å². The molecule has 0 fully saturated rings. The number of imidazole rings is 1. The first kappa shape index (κ1) is 14.6. The first-order valence-electron chi connectivity index (χ1n) is 7.97. The second-order valence-corrected chi connectivity index (χ2v) is 6.10. The highest BCUT2D eigenvalue weighted by Gasteiger charge is 2.17. The van der Waals surface area contributed by atoms with E-state index >= 15 is 0 Å². The van der Waals surface area contributed by atoms with Gasteiger partial charge < -0.3 is 4.98 Å². The molecule has 0 saturated carbocycles. The minimum absolute atomic E-state index is 0.242. The second kappa shape index (κ2) is 5.56. The van der Waals surface area contributed by atoms with Gasteiger partial charge in [0.1, 0.15) is 5.82 Å². The number of fused-ring (bicyclic) bond motifs is 1. The normalized spacial score (nSPS) is 11.5. The Morgan fingerprint density at radius 2 is 1.96 bits per heavy atom. The summed E-state index contributed by atoms with van der Waals surface area (Å²) < 4.78 is 1.81. The maximum absolute atomic E-state index is 4.75. The van der Waals surface area contributed by atoms with Crippen LogP contribution >= 0.6 is 0 Å². The SMILES string of the molecule is Cc1nc2ccc(-c3nc(C(C)C)nn3-c3ccccn3)cc2[nH]1. The molecule has 0 radical (unpaired) electrons. The monoisotopic (exact) mass is 318 g/mol. The summed E-state index contributed by atoms with van der Waals surface area (Å²) in [5.74, 6) is 3.49. The van der Waals surface area contributed by atoms with Crippen molar-refractivity contribution in [2.45, 2.75) is 26.7 Å². The zero-order valence-electron chi connectivity index (χ0n) is 13.9. The van der Waals surface area contributed by atoms with Gasteiger partial charge in [0, 0.05) is 17.7 Å². The maximum Gasteiger partial charge on any atom is 0.165 e. The van der Waals surface area contributed by atoms with Crippen molar-refractivity contribution in [1.29, 1.82) is 0 Å². The lowest BCUT2D eigenvalue weighted by Gasteiger charge is -2.04. The van der Waals surface area contributed by atoms with E-state index in [2.05, 4.69) is 40.0 Å². The minimum Gasteiger partial charge on any atom is -0.342 e. The lowest BCUT2D eigenvalue weighted by atomic mass is 10.2. The van der Waals surface area contributed by atoms with Crippen LogP contribution in [-0.4, -0.2) is 29.7 Å². The largest absolute Gasteiger partial charge is 0.342 e. The van der Waals surface area contributed by atoms with Gasteiger partial charge in [0.05, 0.1) is 11.0 Å². The van der Waals surface area contributed by atoms with E-state index in [9.17, 15) is 0 Å². The third-order valence-electron chi connectivity index (χ3n) is 3.86. The van der Waals surface area contributed by atoms with E-state index in [1.807, 2.05) is 37.3 Å². The van der Waals surface area contributed by atoms with Gasteiger partial charge in [-0.2, -0.15) is 4.68 Å². The summed E-state index contributed by atoms with van der Waals surface area (Å²) in [4.78, 5) is 16.9. The van der Waals surface area contributed by atoms with Gasteiger partial charge >= 0.3 is 0 Å². The molecule has 0 aliphatic rings. The number of aromatic nitrogens is 6. The summed E-state index contributed by atoms with van der Waals surface area (Å²) in [6.07, 6.45) is 1.76. The highest BCUT2D eigenvalue weighted by Crippen LogP contribution is 2.25. The zero-order chi connectivity index (χ0) is 16.7. The van der Waals surface area contributed by atoms with E-state index < -0.39 is 0 Å². The molecule has 6 heteroatoms. The second-order valence-electron chi connectivity index (χ2n) is 6.10. The summed E-state index contributed by atoms with van der Waals surface area (Å²) in [7, 11) is 0. The summed E-state index contributed by atoms with van der Waals surface area (Å²) >= 11 is 0. The molecule has 3 aromatic heterocycles. The molecular formula is C18H18N6. The Balaban J connectivity index is 1.91. The van der Waals surface area contributed by atoms with Gasteiger partial charge in [-0.15, -0.1) is 5.10 Å². The zero-order valence-corrected chi connectivity index (χ0v) is 13.9. The van der Waals surface area contributed by atoms with Crippen molar-refractivity contribution in [3.63, 3.8) is 0 Å². The number of rotatable bonds is 3. The molecule has 1 N–H and O–H groups in total. The Bertz CT molecular complexity index is 997. The predicted octanol–water partition coefficient (Wildman–Crippen LogP) is 3.64. The van der Waals surface area contributed by atoms with Crippen LogP contribution in [0.2, 0.25) is 0 Å². The molecule has 6 nitrogen and oxygen atoms in total. The van der Waals surface area contributed by atoms with E-state index in [0.29, 0.717) is 0 Å². The Hall–Kier alpha value is -3.02. The Labute approximate surface area is 139 Å². The van der Waals surface area contributed by atoms with Gasteiger partial charge in [-0.1, -0.05) is 19.9 Å². The molecule has 0 aliphatic carbocycles. The third-order valence-corrected chi connectivity index (χ3v) is 3.86. The van der Waals surface area contributed by atoms with Crippen LogP contribution in [0.3, 0.4) is 0 Å². The van der Waals surface area contributed by atoms with Crippen molar-refractivity contribution >= 4 is 11.0 Å². The standard InChI is InChI=1S/C18H18N6/c1-11(2)17-22-18(24(23-17)16-6-4-5-9-19-16)13-7-8-14-15(10-13)21-12(3)20-14/h4-11H,1-3H3,(H,20,21). The van der Waals surface area contributed by atoms with Crippen molar-refractivity contribution in [1.82, 2.24) is 29.7 Å². The fourth-order valence-corrected chi connectivity index (χ4v) is 2.67. The molecule has 0 aliphatic heterocycles. The highest BCUT2D eigenvalue weighted by molar-refractivity contribution is 5.80. The topological polar surface area (TPSA) is 72.3 Å². The van der Waals surface area contributed by atoms with Crippen molar-refractivity contribution < 1.29 is 0 Å². The number of hydrogen-bond acceptors (Lipinski definition) is 4. The van der Waals surface area contributed by atoms with Crippen LogP contribution in [0.4, 0.5) is 0 Å².